The van der Waals surface area contributed by atoms with E-state index in [0.29, 0.717) is 11.5 Å². The second-order valence-electron chi connectivity index (χ2n) is 5.90. The lowest BCUT2D eigenvalue weighted by Crippen LogP contribution is -2.45. The van der Waals surface area contributed by atoms with Crippen LogP contribution >= 0.6 is 0 Å². The van der Waals surface area contributed by atoms with E-state index in [4.69, 9.17) is 0 Å². The highest BCUT2D eigenvalue weighted by Gasteiger charge is 2.26. The van der Waals surface area contributed by atoms with Crippen LogP contribution in [-0.2, 0) is 0 Å². The molecule has 1 saturated carbocycles. The number of piperazine rings is 1. The molecule has 0 spiro atoms. The van der Waals surface area contributed by atoms with Crippen molar-refractivity contribution in [1.82, 2.24) is 14.9 Å². The Labute approximate surface area is 118 Å². The standard InChI is InChI=1S/C14H22N4O2/c1-17-6-8-18(9-7-17)14-15-12(19)11(13(20)16-14)10-4-2-3-5-10/h10H,2-9H2,1H3,(H2,15,16,19,20). The number of hydrogen-bond donors (Lipinski definition) is 2. The van der Waals surface area contributed by atoms with Gasteiger partial charge in [0.15, 0.2) is 0 Å². The van der Waals surface area contributed by atoms with E-state index in [1.54, 1.807) is 0 Å². The van der Waals surface area contributed by atoms with Gasteiger partial charge in [-0.05, 0) is 25.8 Å². The molecule has 0 aromatic carbocycles. The summed E-state index contributed by atoms with van der Waals surface area (Å²) in [4.78, 5) is 23.6. The van der Waals surface area contributed by atoms with Crippen molar-refractivity contribution in [3.63, 3.8) is 0 Å². The van der Waals surface area contributed by atoms with Gasteiger partial charge in [0.25, 0.3) is 5.56 Å². The van der Waals surface area contributed by atoms with Crippen molar-refractivity contribution in [1.29, 1.82) is 0 Å². The van der Waals surface area contributed by atoms with Crippen LogP contribution in [0.15, 0.2) is 4.79 Å². The number of nitrogens with zero attached hydrogens (tertiary/aromatic N) is 3. The topological polar surface area (TPSA) is 72.5 Å². The Hall–Kier alpha value is -1.56. The van der Waals surface area contributed by atoms with E-state index in [1.807, 2.05) is 4.90 Å². The zero-order valence-corrected chi connectivity index (χ0v) is 11.9. The molecule has 2 fully saturated rings. The van der Waals surface area contributed by atoms with Crippen molar-refractivity contribution in [2.45, 2.75) is 31.6 Å². The van der Waals surface area contributed by atoms with Crippen LogP contribution in [0.2, 0.25) is 0 Å². The molecular formula is C14H22N4O2. The van der Waals surface area contributed by atoms with Gasteiger partial charge in [-0.1, -0.05) is 12.8 Å². The second-order valence-corrected chi connectivity index (χ2v) is 5.90. The largest absolute Gasteiger partial charge is 0.493 e. The van der Waals surface area contributed by atoms with Gasteiger partial charge in [0.2, 0.25) is 11.8 Å². The molecule has 1 saturated heterocycles. The summed E-state index contributed by atoms with van der Waals surface area (Å²) in [5.74, 6) is 0.602. The highest BCUT2D eigenvalue weighted by molar-refractivity contribution is 5.38. The van der Waals surface area contributed by atoms with Gasteiger partial charge >= 0.3 is 0 Å². The minimum atomic E-state index is -0.168. The van der Waals surface area contributed by atoms with Crippen molar-refractivity contribution >= 4 is 5.95 Å². The number of hydrogen-bond acceptors (Lipinski definition) is 5. The number of aromatic nitrogens is 2. The van der Waals surface area contributed by atoms with Crippen molar-refractivity contribution in [3.8, 4) is 5.88 Å². The van der Waals surface area contributed by atoms with Gasteiger partial charge in [0, 0.05) is 26.2 Å². The molecule has 2 N–H and O–H groups in total. The molecule has 1 aromatic rings. The van der Waals surface area contributed by atoms with Crippen molar-refractivity contribution in [2.75, 3.05) is 38.1 Å². The molecule has 1 aliphatic heterocycles. The molecule has 6 nitrogen and oxygen atoms in total. The summed E-state index contributed by atoms with van der Waals surface area (Å²) in [5.41, 5.74) is 0.318. The van der Waals surface area contributed by atoms with Gasteiger partial charge in [-0.3, -0.25) is 9.78 Å². The zero-order valence-electron chi connectivity index (χ0n) is 11.9. The third kappa shape index (κ3) is 2.52. The van der Waals surface area contributed by atoms with Gasteiger partial charge in [0.05, 0.1) is 5.56 Å². The van der Waals surface area contributed by atoms with E-state index in [2.05, 4.69) is 21.9 Å². The molecule has 0 radical (unpaired) electrons. The fourth-order valence-corrected chi connectivity index (χ4v) is 3.21. The molecule has 20 heavy (non-hydrogen) atoms. The minimum absolute atomic E-state index is 0.0745. The van der Waals surface area contributed by atoms with Gasteiger partial charge in [-0.15, -0.1) is 0 Å². The summed E-state index contributed by atoms with van der Waals surface area (Å²) in [7, 11) is 2.08. The SMILES string of the molecule is CN1CCN(c2nc(O)c(C3CCCC3)c(=O)[nH]2)CC1. The number of nitrogens with one attached hydrogen (secondary N) is 1. The van der Waals surface area contributed by atoms with Crippen molar-refractivity contribution < 1.29 is 5.11 Å². The number of rotatable bonds is 2. The molecule has 0 atom stereocenters. The lowest BCUT2D eigenvalue weighted by atomic mass is 10.00. The normalized spacial score (nSPS) is 21.6. The van der Waals surface area contributed by atoms with Crippen LogP contribution in [0.1, 0.15) is 37.2 Å². The Morgan fingerprint density at radius 3 is 2.45 bits per heavy atom. The van der Waals surface area contributed by atoms with Crippen LogP contribution < -0.4 is 10.5 Å². The Morgan fingerprint density at radius 2 is 1.85 bits per heavy atom. The third-order valence-corrected chi connectivity index (χ3v) is 4.49. The third-order valence-electron chi connectivity index (χ3n) is 4.49. The molecule has 3 rings (SSSR count). The molecule has 1 aliphatic carbocycles. The summed E-state index contributed by atoms with van der Waals surface area (Å²) in [6.45, 7) is 3.52. The number of H-pyrrole nitrogens is 1. The van der Waals surface area contributed by atoms with Crippen LogP contribution in [0.3, 0.4) is 0 Å². The first-order valence-corrected chi connectivity index (χ1v) is 7.42. The lowest BCUT2D eigenvalue weighted by Gasteiger charge is -2.32. The average Bonchev–Trinajstić information content (AvgIpc) is 2.92. The maximum Gasteiger partial charge on any atom is 0.259 e. The molecule has 110 valence electrons. The fraction of sp³-hybridized carbons (Fsp3) is 0.714. The Balaban J connectivity index is 1.86. The van der Waals surface area contributed by atoms with Crippen LogP contribution in [-0.4, -0.2) is 53.2 Å². The predicted molar refractivity (Wildman–Crippen MR) is 77.4 cm³/mol. The molecule has 0 bridgehead atoms. The molecule has 0 unspecified atom stereocenters. The van der Waals surface area contributed by atoms with Gasteiger partial charge in [0.1, 0.15) is 0 Å². The summed E-state index contributed by atoms with van der Waals surface area (Å²) < 4.78 is 0. The maximum atomic E-state index is 12.3. The van der Waals surface area contributed by atoms with Gasteiger partial charge in [-0.25, -0.2) is 0 Å². The zero-order chi connectivity index (χ0) is 14.1. The minimum Gasteiger partial charge on any atom is -0.493 e. The first-order chi connectivity index (χ1) is 9.65. The van der Waals surface area contributed by atoms with E-state index in [9.17, 15) is 9.90 Å². The number of aromatic hydroxyl groups is 1. The fourth-order valence-electron chi connectivity index (χ4n) is 3.21. The molecule has 2 heterocycles. The quantitative estimate of drug-likeness (QED) is 0.840. The van der Waals surface area contributed by atoms with Crippen molar-refractivity contribution in [2.24, 2.45) is 0 Å². The summed E-state index contributed by atoms with van der Waals surface area (Å²) in [6, 6.07) is 0. The number of anilines is 1. The molecular weight excluding hydrogens is 256 g/mol. The Kier molecular flexibility index (Phi) is 3.65. The summed E-state index contributed by atoms with van der Waals surface area (Å²) in [5, 5.41) is 10.1. The smallest absolute Gasteiger partial charge is 0.259 e. The van der Waals surface area contributed by atoms with E-state index < -0.39 is 0 Å². The molecule has 6 heteroatoms. The van der Waals surface area contributed by atoms with Gasteiger partial charge in [-0.2, -0.15) is 4.98 Å². The highest BCUT2D eigenvalue weighted by atomic mass is 16.3. The Morgan fingerprint density at radius 1 is 1.20 bits per heavy atom. The molecule has 0 amide bonds. The first-order valence-electron chi connectivity index (χ1n) is 7.42. The van der Waals surface area contributed by atoms with E-state index >= 15 is 0 Å². The summed E-state index contributed by atoms with van der Waals surface area (Å²) >= 11 is 0. The van der Waals surface area contributed by atoms with E-state index in [-0.39, 0.29) is 17.4 Å². The summed E-state index contributed by atoms with van der Waals surface area (Å²) in [6.07, 6.45) is 4.21. The number of aromatic amines is 1. The van der Waals surface area contributed by atoms with E-state index in [0.717, 1.165) is 51.9 Å². The second kappa shape index (κ2) is 5.44. The highest BCUT2D eigenvalue weighted by Crippen LogP contribution is 2.35. The predicted octanol–water partition coefficient (Wildman–Crippen LogP) is 0.885. The number of likely N-dealkylation sites (N-methyl/N-ethyl adjacent to an activating group) is 1. The van der Waals surface area contributed by atoms with Crippen LogP contribution in [0.5, 0.6) is 5.88 Å². The van der Waals surface area contributed by atoms with Gasteiger partial charge < -0.3 is 14.9 Å². The monoisotopic (exact) mass is 278 g/mol. The van der Waals surface area contributed by atoms with E-state index in [1.165, 1.54) is 0 Å². The van der Waals surface area contributed by atoms with Crippen molar-refractivity contribution in [3.05, 3.63) is 15.9 Å². The van der Waals surface area contributed by atoms with Crippen LogP contribution in [0.4, 0.5) is 5.95 Å². The lowest BCUT2D eigenvalue weighted by molar-refractivity contribution is 0.310. The first kappa shape index (κ1) is 13.4. The molecule has 2 aliphatic rings. The Bertz CT molecular complexity index is 528. The van der Waals surface area contributed by atoms with Crippen LogP contribution in [0.25, 0.3) is 0 Å². The maximum absolute atomic E-state index is 12.3. The average molecular weight is 278 g/mol. The molecule has 1 aromatic heterocycles. The van der Waals surface area contributed by atoms with Crippen LogP contribution in [0, 0.1) is 0 Å².